The molecule has 78 valence electrons. The predicted molar refractivity (Wildman–Crippen MR) is 57.0 cm³/mol. The SMILES string of the molecule is C[C@@H](CO)[C@@](C)(O)Cc1ccccc1. The summed E-state index contributed by atoms with van der Waals surface area (Å²) >= 11 is 0. The number of hydrogen-bond donors (Lipinski definition) is 2. The molecule has 0 amide bonds. The Morgan fingerprint density at radius 2 is 1.86 bits per heavy atom. The van der Waals surface area contributed by atoms with Crippen molar-refractivity contribution in [1.82, 2.24) is 0 Å². The summed E-state index contributed by atoms with van der Waals surface area (Å²) in [5.74, 6) is -0.109. The van der Waals surface area contributed by atoms with Crippen LogP contribution in [0.25, 0.3) is 0 Å². The fourth-order valence-electron chi connectivity index (χ4n) is 1.38. The van der Waals surface area contributed by atoms with E-state index in [4.69, 9.17) is 5.11 Å². The lowest BCUT2D eigenvalue weighted by Crippen LogP contribution is -2.37. The van der Waals surface area contributed by atoms with E-state index in [-0.39, 0.29) is 12.5 Å². The Kier molecular flexibility index (Phi) is 3.67. The molecule has 0 aromatic heterocycles. The fourth-order valence-corrected chi connectivity index (χ4v) is 1.38. The molecule has 0 fully saturated rings. The van der Waals surface area contributed by atoms with Gasteiger partial charge in [0, 0.05) is 18.9 Å². The van der Waals surface area contributed by atoms with Crippen molar-refractivity contribution in [1.29, 1.82) is 0 Å². The first-order valence-corrected chi connectivity index (χ1v) is 4.93. The molecule has 2 nitrogen and oxygen atoms in total. The van der Waals surface area contributed by atoms with Gasteiger partial charge in [-0.25, -0.2) is 0 Å². The van der Waals surface area contributed by atoms with Crippen LogP contribution < -0.4 is 0 Å². The Labute approximate surface area is 85.2 Å². The maximum atomic E-state index is 10.1. The van der Waals surface area contributed by atoms with Gasteiger partial charge in [-0.1, -0.05) is 37.3 Å². The van der Waals surface area contributed by atoms with Gasteiger partial charge in [0.25, 0.3) is 0 Å². The van der Waals surface area contributed by atoms with Crippen LogP contribution in [-0.4, -0.2) is 22.4 Å². The van der Waals surface area contributed by atoms with E-state index in [0.29, 0.717) is 6.42 Å². The lowest BCUT2D eigenvalue weighted by Gasteiger charge is -2.29. The first-order chi connectivity index (χ1) is 6.56. The van der Waals surface area contributed by atoms with Gasteiger partial charge in [0.2, 0.25) is 0 Å². The largest absolute Gasteiger partial charge is 0.396 e. The molecule has 0 heterocycles. The third-order valence-electron chi connectivity index (χ3n) is 2.74. The van der Waals surface area contributed by atoms with E-state index >= 15 is 0 Å². The summed E-state index contributed by atoms with van der Waals surface area (Å²) in [5, 5.41) is 19.1. The monoisotopic (exact) mass is 194 g/mol. The van der Waals surface area contributed by atoms with Crippen LogP contribution >= 0.6 is 0 Å². The van der Waals surface area contributed by atoms with Crippen LogP contribution in [0.5, 0.6) is 0 Å². The maximum Gasteiger partial charge on any atom is 0.0707 e. The molecule has 1 aromatic carbocycles. The summed E-state index contributed by atoms with van der Waals surface area (Å²) in [6.07, 6.45) is 0.579. The molecule has 14 heavy (non-hydrogen) atoms. The molecule has 0 aliphatic rings. The Bertz CT molecular complexity index is 267. The molecule has 0 radical (unpaired) electrons. The zero-order chi connectivity index (χ0) is 10.6. The lowest BCUT2D eigenvalue weighted by atomic mass is 9.85. The van der Waals surface area contributed by atoms with E-state index in [2.05, 4.69) is 0 Å². The molecule has 1 aromatic rings. The smallest absolute Gasteiger partial charge is 0.0707 e. The summed E-state index contributed by atoms with van der Waals surface area (Å²) in [6, 6.07) is 9.83. The standard InChI is InChI=1S/C12H18O2/c1-10(9-13)12(2,14)8-11-6-4-3-5-7-11/h3-7,10,13-14H,8-9H2,1-2H3/t10-,12-/m0/s1. The Morgan fingerprint density at radius 3 is 2.36 bits per heavy atom. The summed E-state index contributed by atoms with van der Waals surface area (Å²) in [4.78, 5) is 0. The lowest BCUT2D eigenvalue weighted by molar-refractivity contribution is -0.0157. The van der Waals surface area contributed by atoms with Crippen molar-refractivity contribution in [2.45, 2.75) is 25.9 Å². The topological polar surface area (TPSA) is 40.5 Å². The average Bonchev–Trinajstić information content (AvgIpc) is 2.17. The molecule has 2 heteroatoms. The van der Waals surface area contributed by atoms with Crippen molar-refractivity contribution in [3.63, 3.8) is 0 Å². The fraction of sp³-hybridized carbons (Fsp3) is 0.500. The molecule has 0 aliphatic heterocycles. The molecule has 0 saturated carbocycles. The summed E-state index contributed by atoms with van der Waals surface area (Å²) in [6.45, 7) is 3.63. The van der Waals surface area contributed by atoms with E-state index in [1.807, 2.05) is 37.3 Å². The molecular formula is C12H18O2. The van der Waals surface area contributed by atoms with Crippen molar-refractivity contribution < 1.29 is 10.2 Å². The van der Waals surface area contributed by atoms with Crippen LogP contribution in [-0.2, 0) is 6.42 Å². The van der Waals surface area contributed by atoms with Crippen LogP contribution in [0.1, 0.15) is 19.4 Å². The third kappa shape index (κ3) is 2.82. The number of hydrogen-bond acceptors (Lipinski definition) is 2. The van der Waals surface area contributed by atoms with Crippen LogP contribution in [0.4, 0.5) is 0 Å². The van der Waals surface area contributed by atoms with E-state index in [9.17, 15) is 5.11 Å². The van der Waals surface area contributed by atoms with Gasteiger partial charge in [0.1, 0.15) is 0 Å². The van der Waals surface area contributed by atoms with Crippen molar-refractivity contribution in [2.24, 2.45) is 5.92 Å². The van der Waals surface area contributed by atoms with Crippen molar-refractivity contribution >= 4 is 0 Å². The zero-order valence-electron chi connectivity index (χ0n) is 8.77. The van der Waals surface area contributed by atoms with Gasteiger partial charge < -0.3 is 10.2 Å². The van der Waals surface area contributed by atoms with E-state index < -0.39 is 5.60 Å². The molecule has 0 bridgehead atoms. The minimum absolute atomic E-state index is 0.0137. The number of rotatable bonds is 4. The van der Waals surface area contributed by atoms with Crippen molar-refractivity contribution in [3.05, 3.63) is 35.9 Å². The highest BCUT2D eigenvalue weighted by molar-refractivity contribution is 5.17. The van der Waals surface area contributed by atoms with Gasteiger partial charge in [-0.05, 0) is 12.5 Å². The molecule has 0 spiro atoms. The number of aliphatic hydroxyl groups is 2. The highest BCUT2D eigenvalue weighted by atomic mass is 16.3. The van der Waals surface area contributed by atoms with E-state index in [1.165, 1.54) is 0 Å². The predicted octanol–water partition coefficient (Wildman–Crippen LogP) is 1.61. The van der Waals surface area contributed by atoms with Crippen LogP contribution in [0.3, 0.4) is 0 Å². The second-order valence-electron chi connectivity index (χ2n) is 4.10. The molecule has 1 rings (SSSR count). The van der Waals surface area contributed by atoms with Crippen molar-refractivity contribution in [3.8, 4) is 0 Å². The third-order valence-corrected chi connectivity index (χ3v) is 2.74. The summed E-state index contributed by atoms with van der Waals surface area (Å²) in [5.41, 5.74) is 0.258. The van der Waals surface area contributed by atoms with Gasteiger partial charge >= 0.3 is 0 Å². The second kappa shape index (κ2) is 4.58. The second-order valence-corrected chi connectivity index (χ2v) is 4.10. The first kappa shape index (κ1) is 11.2. The highest BCUT2D eigenvalue weighted by Crippen LogP contribution is 2.21. The van der Waals surface area contributed by atoms with Crippen molar-refractivity contribution in [2.75, 3.05) is 6.61 Å². The quantitative estimate of drug-likeness (QED) is 0.764. The molecular weight excluding hydrogens is 176 g/mol. The Morgan fingerprint density at radius 1 is 1.29 bits per heavy atom. The normalized spacial score (nSPS) is 17.4. The number of aliphatic hydroxyl groups excluding tert-OH is 1. The van der Waals surface area contributed by atoms with Gasteiger partial charge in [-0.3, -0.25) is 0 Å². The molecule has 0 unspecified atom stereocenters. The molecule has 2 atom stereocenters. The molecule has 0 saturated heterocycles. The zero-order valence-corrected chi connectivity index (χ0v) is 8.77. The van der Waals surface area contributed by atoms with Crippen LogP contribution in [0.2, 0.25) is 0 Å². The summed E-state index contributed by atoms with van der Waals surface area (Å²) < 4.78 is 0. The molecule has 0 aliphatic carbocycles. The maximum absolute atomic E-state index is 10.1. The average molecular weight is 194 g/mol. The minimum atomic E-state index is -0.837. The molecule has 2 N–H and O–H groups in total. The minimum Gasteiger partial charge on any atom is -0.396 e. The van der Waals surface area contributed by atoms with Gasteiger partial charge in [0.15, 0.2) is 0 Å². The van der Waals surface area contributed by atoms with Crippen LogP contribution in [0, 0.1) is 5.92 Å². The van der Waals surface area contributed by atoms with Gasteiger partial charge in [-0.2, -0.15) is 0 Å². The highest BCUT2D eigenvalue weighted by Gasteiger charge is 2.27. The first-order valence-electron chi connectivity index (χ1n) is 4.93. The van der Waals surface area contributed by atoms with Gasteiger partial charge in [-0.15, -0.1) is 0 Å². The Hall–Kier alpha value is -0.860. The number of benzene rings is 1. The van der Waals surface area contributed by atoms with E-state index in [1.54, 1.807) is 6.92 Å². The van der Waals surface area contributed by atoms with E-state index in [0.717, 1.165) is 5.56 Å². The summed E-state index contributed by atoms with van der Waals surface area (Å²) in [7, 11) is 0. The van der Waals surface area contributed by atoms with Gasteiger partial charge in [0.05, 0.1) is 5.60 Å². The van der Waals surface area contributed by atoms with Crippen LogP contribution in [0.15, 0.2) is 30.3 Å². The Balaban J connectivity index is 2.68.